The highest BCUT2D eigenvalue weighted by Crippen LogP contribution is 2.23. The van der Waals surface area contributed by atoms with Crippen molar-refractivity contribution in [3.05, 3.63) is 35.9 Å². The number of hydrogen-bond donors (Lipinski definition) is 1. The average Bonchev–Trinajstić information content (AvgIpc) is 3.15. The SMILES string of the molecule is CCN(CC)S(=O)(=O)c1ccc(C)c(NC(=O)COC(=O)C[C@@H]2C=CCC2)c1. The molecule has 1 aliphatic rings. The molecule has 0 saturated heterocycles. The summed E-state index contributed by atoms with van der Waals surface area (Å²) >= 11 is 0. The number of hydrogen-bond acceptors (Lipinski definition) is 5. The number of nitrogens with zero attached hydrogens (tertiary/aromatic N) is 1. The number of aryl methyl sites for hydroxylation is 1. The van der Waals surface area contributed by atoms with Crippen molar-refractivity contribution < 1.29 is 22.7 Å². The van der Waals surface area contributed by atoms with Crippen molar-refractivity contribution in [3.63, 3.8) is 0 Å². The number of sulfonamides is 1. The summed E-state index contributed by atoms with van der Waals surface area (Å²) in [5.41, 5.74) is 1.10. The van der Waals surface area contributed by atoms with Crippen LogP contribution in [0.1, 0.15) is 38.7 Å². The average molecular weight is 409 g/mol. The van der Waals surface area contributed by atoms with Crippen molar-refractivity contribution in [1.82, 2.24) is 4.31 Å². The van der Waals surface area contributed by atoms with Gasteiger partial charge in [0.2, 0.25) is 10.0 Å². The molecule has 1 N–H and O–H groups in total. The molecule has 1 aromatic rings. The summed E-state index contributed by atoms with van der Waals surface area (Å²) in [7, 11) is -3.63. The molecule has 0 radical (unpaired) electrons. The third-order valence-corrected chi connectivity index (χ3v) is 6.78. The second kappa shape index (κ2) is 9.84. The van der Waals surface area contributed by atoms with E-state index in [9.17, 15) is 18.0 Å². The lowest BCUT2D eigenvalue weighted by molar-refractivity contribution is -0.147. The number of carbonyl (C=O) groups excluding carboxylic acids is 2. The van der Waals surface area contributed by atoms with E-state index >= 15 is 0 Å². The van der Waals surface area contributed by atoms with Crippen molar-refractivity contribution in [2.75, 3.05) is 25.0 Å². The Morgan fingerprint density at radius 3 is 2.57 bits per heavy atom. The van der Waals surface area contributed by atoms with E-state index in [1.807, 2.05) is 12.2 Å². The van der Waals surface area contributed by atoms with Crippen LogP contribution in [-0.4, -0.2) is 44.3 Å². The van der Waals surface area contributed by atoms with Crippen LogP contribution in [0.3, 0.4) is 0 Å². The van der Waals surface area contributed by atoms with Crippen molar-refractivity contribution in [2.24, 2.45) is 5.92 Å². The number of carbonyl (C=O) groups is 2. The first kappa shape index (κ1) is 22.1. The molecule has 2 rings (SSSR count). The van der Waals surface area contributed by atoms with Crippen LogP contribution in [-0.2, 0) is 24.3 Å². The van der Waals surface area contributed by atoms with E-state index in [1.54, 1.807) is 26.8 Å². The van der Waals surface area contributed by atoms with Crippen molar-refractivity contribution >= 4 is 27.6 Å². The molecular formula is C20H28N2O5S. The van der Waals surface area contributed by atoms with E-state index in [-0.39, 0.29) is 17.2 Å². The lowest BCUT2D eigenvalue weighted by Gasteiger charge is -2.19. The number of allylic oxidation sites excluding steroid dienone is 2. The van der Waals surface area contributed by atoms with Gasteiger partial charge in [-0.25, -0.2) is 8.42 Å². The van der Waals surface area contributed by atoms with Crippen LogP contribution >= 0.6 is 0 Å². The monoisotopic (exact) mass is 408 g/mol. The molecule has 1 atom stereocenters. The molecule has 7 nitrogen and oxygen atoms in total. The van der Waals surface area contributed by atoms with Gasteiger partial charge in [-0.1, -0.05) is 32.1 Å². The number of ether oxygens (including phenoxy) is 1. The van der Waals surface area contributed by atoms with E-state index in [1.165, 1.54) is 16.4 Å². The third-order valence-electron chi connectivity index (χ3n) is 4.73. The molecule has 8 heteroatoms. The maximum absolute atomic E-state index is 12.7. The summed E-state index contributed by atoms with van der Waals surface area (Å²) in [5.74, 6) is -0.739. The molecule has 0 fully saturated rings. The molecule has 1 aliphatic carbocycles. The zero-order chi connectivity index (χ0) is 20.7. The minimum absolute atomic E-state index is 0.113. The van der Waals surface area contributed by atoms with E-state index in [2.05, 4.69) is 5.32 Å². The summed E-state index contributed by atoms with van der Waals surface area (Å²) in [5, 5.41) is 2.63. The van der Waals surface area contributed by atoms with Crippen LogP contribution in [0.5, 0.6) is 0 Å². The number of anilines is 1. The fourth-order valence-corrected chi connectivity index (χ4v) is 4.56. The van der Waals surface area contributed by atoms with Gasteiger partial charge in [0.15, 0.2) is 6.61 Å². The number of esters is 1. The highest BCUT2D eigenvalue weighted by atomic mass is 32.2. The predicted molar refractivity (Wildman–Crippen MR) is 107 cm³/mol. The summed E-state index contributed by atoms with van der Waals surface area (Å²) in [6.45, 7) is 5.63. The van der Waals surface area contributed by atoms with Crippen LogP contribution in [0.4, 0.5) is 5.69 Å². The number of amides is 1. The van der Waals surface area contributed by atoms with Crippen molar-refractivity contribution in [2.45, 2.75) is 44.9 Å². The maximum Gasteiger partial charge on any atom is 0.306 e. The Balaban J connectivity index is 2.00. The molecule has 0 saturated carbocycles. The topological polar surface area (TPSA) is 92.8 Å². The highest BCUT2D eigenvalue weighted by Gasteiger charge is 2.23. The van der Waals surface area contributed by atoms with E-state index in [0.717, 1.165) is 12.8 Å². The Morgan fingerprint density at radius 1 is 1.25 bits per heavy atom. The van der Waals surface area contributed by atoms with Gasteiger partial charge in [0.05, 0.1) is 11.3 Å². The Labute approximate surface area is 166 Å². The van der Waals surface area contributed by atoms with Crippen LogP contribution in [0.15, 0.2) is 35.2 Å². The maximum atomic E-state index is 12.7. The van der Waals surface area contributed by atoms with Crippen LogP contribution in [0, 0.1) is 12.8 Å². The van der Waals surface area contributed by atoms with E-state index < -0.39 is 28.5 Å². The zero-order valence-corrected chi connectivity index (χ0v) is 17.4. The molecule has 0 unspecified atom stereocenters. The third kappa shape index (κ3) is 5.65. The van der Waals surface area contributed by atoms with Crippen LogP contribution in [0.25, 0.3) is 0 Å². The summed E-state index contributed by atoms with van der Waals surface area (Å²) in [4.78, 5) is 24.1. The van der Waals surface area contributed by atoms with Crippen LogP contribution in [0.2, 0.25) is 0 Å². The van der Waals surface area contributed by atoms with Gasteiger partial charge in [-0.2, -0.15) is 4.31 Å². The Morgan fingerprint density at radius 2 is 1.96 bits per heavy atom. The Kier molecular flexibility index (Phi) is 7.77. The van der Waals surface area contributed by atoms with Gasteiger partial charge in [0, 0.05) is 18.8 Å². The lowest BCUT2D eigenvalue weighted by Crippen LogP contribution is -2.30. The predicted octanol–water partition coefficient (Wildman–Crippen LogP) is 2.86. The molecule has 0 aliphatic heterocycles. The first-order valence-electron chi connectivity index (χ1n) is 9.50. The lowest BCUT2D eigenvalue weighted by atomic mass is 10.1. The molecular weight excluding hydrogens is 380 g/mol. The number of rotatable bonds is 9. The molecule has 0 bridgehead atoms. The number of benzene rings is 1. The molecule has 1 amide bonds. The first-order chi connectivity index (χ1) is 13.3. The van der Waals surface area contributed by atoms with Crippen molar-refractivity contribution in [1.29, 1.82) is 0 Å². The van der Waals surface area contributed by atoms with Crippen LogP contribution < -0.4 is 5.32 Å². The molecule has 0 aromatic heterocycles. The van der Waals surface area contributed by atoms with Gasteiger partial charge in [0.25, 0.3) is 5.91 Å². The summed E-state index contributed by atoms with van der Waals surface area (Å²) in [6.07, 6.45) is 6.18. The van der Waals surface area contributed by atoms with Gasteiger partial charge in [-0.3, -0.25) is 9.59 Å². The first-order valence-corrected chi connectivity index (χ1v) is 10.9. The quantitative estimate of drug-likeness (QED) is 0.501. The minimum atomic E-state index is -3.63. The Bertz CT molecular complexity index is 844. The zero-order valence-electron chi connectivity index (χ0n) is 16.6. The molecule has 28 heavy (non-hydrogen) atoms. The smallest absolute Gasteiger partial charge is 0.306 e. The molecule has 0 heterocycles. The van der Waals surface area contributed by atoms with Gasteiger partial charge in [-0.15, -0.1) is 0 Å². The largest absolute Gasteiger partial charge is 0.456 e. The van der Waals surface area contributed by atoms with Gasteiger partial charge < -0.3 is 10.1 Å². The summed E-state index contributed by atoms with van der Waals surface area (Å²) < 4.78 is 31.7. The van der Waals surface area contributed by atoms with E-state index in [0.29, 0.717) is 24.3 Å². The molecule has 0 spiro atoms. The standard InChI is InChI=1S/C20H28N2O5S/c1-4-22(5-2)28(25,26)17-11-10-15(3)18(13-17)21-19(23)14-27-20(24)12-16-8-6-7-9-16/h6,8,10-11,13,16H,4-5,7,9,12,14H2,1-3H3,(H,21,23)/t16-/m1/s1. The minimum Gasteiger partial charge on any atom is -0.456 e. The summed E-state index contributed by atoms with van der Waals surface area (Å²) in [6, 6.07) is 4.60. The van der Waals surface area contributed by atoms with E-state index in [4.69, 9.17) is 4.74 Å². The Hall–Kier alpha value is -2.19. The number of nitrogens with one attached hydrogen (secondary N) is 1. The fourth-order valence-electron chi connectivity index (χ4n) is 3.08. The van der Waals surface area contributed by atoms with Gasteiger partial charge >= 0.3 is 5.97 Å². The highest BCUT2D eigenvalue weighted by molar-refractivity contribution is 7.89. The second-order valence-electron chi connectivity index (χ2n) is 6.74. The second-order valence-corrected chi connectivity index (χ2v) is 8.68. The van der Waals surface area contributed by atoms with Gasteiger partial charge in [-0.05, 0) is 43.4 Å². The molecule has 1 aromatic carbocycles. The fraction of sp³-hybridized carbons (Fsp3) is 0.500. The van der Waals surface area contributed by atoms with Crippen molar-refractivity contribution in [3.8, 4) is 0 Å². The molecule has 154 valence electrons. The van der Waals surface area contributed by atoms with Gasteiger partial charge in [0.1, 0.15) is 0 Å². The normalized spacial score (nSPS) is 16.4.